The lowest BCUT2D eigenvalue weighted by Crippen LogP contribution is -2.45. The van der Waals surface area contributed by atoms with E-state index in [2.05, 4.69) is 10.2 Å². The fourth-order valence-electron chi connectivity index (χ4n) is 2.87. The Labute approximate surface area is 128 Å². The Morgan fingerprint density at radius 2 is 2.00 bits per heavy atom. The Hall–Kier alpha value is -1.11. The van der Waals surface area contributed by atoms with Crippen molar-refractivity contribution in [2.75, 3.05) is 39.1 Å². The molecule has 5 nitrogen and oxygen atoms in total. The van der Waals surface area contributed by atoms with Crippen LogP contribution in [0.1, 0.15) is 19.3 Å². The topological polar surface area (TPSA) is 52.7 Å². The molecule has 0 aliphatic carbocycles. The van der Waals surface area contributed by atoms with E-state index in [0.717, 1.165) is 31.6 Å². The third-order valence-corrected chi connectivity index (χ3v) is 5.86. The van der Waals surface area contributed by atoms with Crippen molar-refractivity contribution >= 4 is 15.7 Å². The zero-order valence-corrected chi connectivity index (χ0v) is 13.9. The molecule has 1 aromatic carbocycles. The lowest BCUT2D eigenvalue weighted by atomic mass is 10.0. The quantitative estimate of drug-likeness (QED) is 0.896. The average molecular weight is 311 g/mol. The molecule has 1 aliphatic rings. The fraction of sp³-hybridized carbons (Fsp3) is 0.600. The van der Waals surface area contributed by atoms with Gasteiger partial charge in [-0.2, -0.15) is 0 Å². The summed E-state index contributed by atoms with van der Waals surface area (Å²) >= 11 is 0. The van der Waals surface area contributed by atoms with Gasteiger partial charge in [-0.15, -0.1) is 0 Å². The normalized spacial score (nSPS) is 20.0. The van der Waals surface area contributed by atoms with Crippen LogP contribution in [0.3, 0.4) is 0 Å². The minimum Gasteiger partial charge on any atom is -0.366 e. The molecular formula is C15H25N3O2S. The highest BCUT2D eigenvalue weighted by molar-refractivity contribution is 7.89. The zero-order chi connectivity index (χ0) is 15.5. The Morgan fingerprint density at radius 1 is 1.29 bits per heavy atom. The highest BCUT2D eigenvalue weighted by Gasteiger charge is 2.28. The number of anilines is 1. The van der Waals surface area contributed by atoms with Crippen molar-refractivity contribution in [3.05, 3.63) is 24.3 Å². The summed E-state index contributed by atoms with van der Waals surface area (Å²) < 4.78 is 26.4. The molecule has 1 N–H and O–H groups in total. The first kappa shape index (κ1) is 16.3. The van der Waals surface area contributed by atoms with E-state index in [-0.39, 0.29) is 0 Å². The first-order valence-electron chi connectivity index (χ1n) is 7.41. The summed E-state index contributed by atoms with van der Waals surface area (Å²) in [6, 6.07) is 7.67. The van der Waals surface area contributed by atoms with Crippen LogP contribution in [0.15, 0.2) is 29.2 Å². The van der Waals surface area contributed by atoms with Gasteiger partial charge in [-0.3, -0.25) is 0 Å². The number of nitrogens with one attached hydrogen (secondary N) is 1. The minimum atomic E-state index is -3.42. The zero-order valence-electron chi connectivity index (χ0n) is 13.0. The van der Waals surface area contributed by atoms with Gasteiger partial charge in [0, 0.05) is 33.2 Å². The van der Waals surface area contributed by atoms with Crippen molar-refractivity contribution in [3.63, 3.8) is 0 Å². The number of likely N-dealkylation sites (N-methyl/N-ethyl adjacent to an activating group) is 1. The molecule has 1 heterocycles. The summed E-state index contributed by atoms with van der Waals surface area (Å²) in [6.45, 7) is 1.78. The van der Waals surface area contributed by atoms with E-state index in [4.69, 9.17) is 0 Å². The summed E-state index contributed by atoms with van der Waals surface area (Å²) in [4.78, 5) is 2.65. The van der Waals surface area contributed by atoms with E-state index < -0.39 is 10.0 Å². The van der Waals surface area contributed by atoms with Gasteiger partial charge >= 0.3 is 0 Å². The predicted molar refractivity (Wildman–Crippen MR) is 86.2 cm³/mol. The van der Waals surface area contributed by atoms with Gasteiger partial charge in [0.2, 0.25) is 10.0 Å². The largest absolute Gasteiger partial charge is 0.366 e. The van der Waals surface area contributed by atoms with Crippen molar-refractivity contribution in [2.45, 2.75) is 30.2 Å². The van der Waals surface area contributed by atoms with Crippen molar-refractivity contribution < 1.29 is 8.42 Å². The van der Waals surface area contributed by atoms with Crippen LogP contribution in [0.5, 0.6) is 0 Å². The van der Waals surface area contributed by atoms with Crippen LogP contribution in [0, 0.1) is 0 Å². The molecule has 6 heteroatoms. The van der Waals surface area contributed by atoms with Gasteiger partial charge in [-0.1, -0.05) is 12.1 Å². The second-order valence-corrected chi connectivity index (χ2v) is 7.78. The van der Waals surface area contributed by atoms with Crippen molar-refractivity contribution in [3.8, 4) is 0 Å². The van der Waals surface area contributed by atoms with Gasteiger partial charge in [-0.25, -0.2) is 12.7 Å². The molecule has 1 aromatic rings. The minimum absolute atomic E-state index is 0.349. The van der Waals surface area contributed by atoms with Crippen LogP contribution in [-0.4, -0.2) is 53.0 Å². The van der Waals surface area contributed by atoms with Crippen molar-refractivity contribution in [1.29, 1.82) is 0 Å². The average Bonchev–Trinajstić information content (AvgIpc) is 2.48. The summed E-state index contributed by atoms with van der Waals surface area (Å²) in [5, 5.41) is 3.22. The van der Waals surface area contributed by atoms with Crippen LogP contribution < -0.4 is 10.2 Å². The molecule has 0 aromatic heterocycles. The van der Waals surface area contributed by atoms with Crippen molar-refractivity contribution in [2.24, 2.45) is 0 Å². The van der Waals surface area contributed by atoms with Gasteiger partial charge < -0.3 is 10.2 Å². The van der Waals surface area contributed by atoms with Gasteiger partial charge in [0.1, 0.15) is 4.90 Å². The standard InChI is InChI=1S/C15H25N3O2S/c1-16-12-13-8-6-7-11-18(13)14-9-4-5-10-15(14)21(19,20)17(2)3/h4-5,9-10,13,16H,6-8,11-12H2,1-3H3. The lowest BCUT2D eigenvalue weighted by Gasteiger charge is -2.38. The summed E-state index contributed by atoms with van der Waals surface area (Å²) in [6.07, 6.45) is 3.40. The SMILES string of the molecule is CNCC1CCCCN1c1ccccc1S(=O)(=O)N(C)C. The van der Waals surface area contributed by atoms with E-state index in [1.54, 1.807) is 26.2 Å². The molecule has 118 valence electrons. The Morgan fingerprint density at radius 3 is 2.67 bits per heavy atom. The molecule has 0 amide bonds. The number of sulfonamides is 1. The fourth-order valence-corrected chi connectivity index (χ4v) is 3.97. The van der Waals surface area contributed by atoms with Gasteiger partial charge in [-0.05, 0) is 38.4 Å². The summed E-state index contributed by atoms with van der Waals surface area (Å²) in [5.74, 6) is 0. The molecule has 0 spiro atoms. The van der Waals surface area contributed by atoms with Crippen LogP contribution in [0.4, 0.5) is 5.69 Å². The highest BCUT2D eigenvalue weighted by atomic mass is 32.2. The van der Waals surface area contributed by atoms with Crippen LogP contribution in [-0.2, 0) is 10.0 Å². The third-order valence-electron chi connectivity index (χ3n) is 4.00. The molecule has 0 bridgehead atoms. The molecule has 1 unspecified atom stereocenters. The van der Waals surface area contributed by atoms with E-state index in [1.807, 2.05) is 19.2 Å². The molecule has 2 rings (SSSR count). The summed E-state index contributed by atoms with van der Waals surface area (Å²) in [5.41, 5.74) is 0.825. The van der Waals surface area contributed by atoms with Crippen LogP contribution in [0.2, 0.25) is 0 Å². The molecule has 1 atom stereocenters. The maximum Gasteiger partial charge on any atom is 0.244 e. The second-order valence-electron chi connectivity index (χ2n) is 5.66. The lowest BCUT2D eigenvalue weighted by molar-refractivity contribution is 0.443. The smallest absolute Gasteiger partial charge is 0.244 e. The number of para-hydroxylation sites is 1. The number of benzene rings is 1. The number of nitrogens with zero attached hydrogens (tertiary/aromatic N) is 2. The van der Waals surface area contributed by atoms with E-state index in [0.29, 0.717) is 10.9 Å². The highest BCUT2D eigenvalue weighted by Crippen LogP contribution is 2.31. The Bertz CT molecular complexity index is 570. The molecule has 1 fully saturated rings. The third kappa shape index (κ3) is 3.39. The first-order chi connectivity index (χ1) is 9.98. The first-order valence-corrected chi connectivity index (χ1v) is 8.85. The molecule has 1 saturated heterocycles. The number of hydrogen-bond acceptors (Lipinski definition) is 4. The van der Waals surface area contributed by atoms with Crippen LogP contribution >= 0.6 is 0 Å². The molecule has 21 heavy (non-hydrogen) atoms. The van der Waals surface area contributed by atoms with Crippen molar-refractivity contribution in [1.82, 2.24) is 9.62 Å². The Kier molecular flexibility index (Phi) is 5.24. The van der Waals surface area contributed by atoms with E-state index >= 15 is 0 Å². The predicted octanol–water partition coefficient (Wildman–Crippen LogP) is 1.52. The number of piperidine rings is 1. The molecule has 1 aliphatic heterocycles. The molecule has 0 radical (unpaired) electrons. The number of rotatable bonds is 5. The molecule has 0 saturated carbocycles. The van der Waals surface area contributed by atoms with E-state index in [1.165, 1.54) is 10.7 Å². The van der Waals surface area contributed by atoms with E-state index in [9.17, 15) is 8.42 Å². The summed E-state index contributed by atoms with van der Waals surface area (Å²) in [7, 11) is 1.67. The van der Waals surface area contributed by atoms with Gasteiger partial charge in [0.15, 0.2) is 0 Å². The monoisotopic (exact) mass is 311 g/mol. The maximum atomic E-state index is 12.5. The molecular weight excluding hydrogens is 286 g/mol. The number of hydrogen-bond donors (Lipinski definition) is 1. The Balaban J connectivity index is 2.44. The second kappa shape index (κ2) is 6.77. The maximum absolute atomic E-state index is 12.5. The van der Waals surface area contributed by atoms with Gasteiger partial charge in [0.25, 0.3) is 0 Å². The van der Waals surface area contributed by atoms with Crippen LogP contribution in [0.25, 0.3) is 0 Å². The van der Waals surface area contributed by atoms with Gasteiger partial charge in [0.05, 0.1) is 5.69 Å².